The van der Waals surface area contributed by atoms with E-state index in [-0.39, 0.29) is 47.6 Å². The van der Waals surface area contributed by atoms with Crippen molar-refractivity contribution in [3.05, 3.63) is 74.1 Å². The molecule has 0 unspecified atom stereocenters. The number of hydrogen-bond donors (Lipinski definition) is 2. The number of hydrogen-bond acceptors (Lipinski definition) is 5. The van der Waals surface area contributed by atoms with Crippen LogP contribution in [0.25, 0.3) is 21.6 Å². The van der Waals surface area contributed by atoms with Crippen LogP contribution in [0, 0.1) is 14.4 Å². The first-order chi connectivity index (χ1) is 12.3. The molecular formula is C21H29N5SY-2. The Bertz CT molecular complexity index is 874. The number of H-pyrrole nitrogens is 1. The molecule has 2 N–H and O–H groups in total. The van der Waals surface area contributed by atoms with Gasteiger partial charge in [0.15, 0.2) is 0 Å². The predicted octanol–water partition coefficient (Wildman–Crippen LogP) is 6.10. The zero-order valence-electron chi connectivity index (χ0n) is 16.2. The van der Waals surface area contributed by atoms with Crippen molar-refractivity contribution in [1.29, 1.82) is 0 Å². The number of aromatic amines is 1. The molecule has 0 bridgehead atoms. The second-order valence-corrected chi connectivity index (χ2v) is 5.66. The molecule has 149 valence electrons. The third-order valence-corrected chi connectivity index (χ3v) is 4.04. The molecule has 0 saturated heterocycles. The van der Waals surface area contributed by atoms with Gasteiger partial charge >= 0.3 is 0 Å². The molecule has 0 aliphatic rings. The number of nitrogens with one attached hydrogen (secondary N) is 2. The van der Waals surface area contributed by atoms with E-state index in [0.29, 0.717) is 0 Å². The summed E-state index contributed by atoms with van der Waals surface area (Å²) in [7, 11) is 1.88. The van der Waals surface area contributed by atoms with E-state index in [0.717, 1.165) is 33.0 Å². The summed E-state index contributed by atoms with van der Waals surface area (Å²) in [6.45, 7) is 7.93. The fourth-order valence-electron chi connectivity index (χ4n) is 2.09. The molecule has 0 fully saturated rings. The normalized spacial score (nSPS) is 8.54. The Morgan fingerprint density at radius 3 is 2.39 bits per heavy atom. The van der Waals surface area contributed by atoms with Gasteiger partial charge in [-0.25, -0.2) is 9.97 Å². The van der Waals surface area contributed by atoms with Gasteiger partial charge in [0, 0.05) is 52.2 Å². The van der Waals surface area contributed by atoms with Crippen LogP contribution in [0.5, 0.6) is 0 Å². The quantitative estimate of drug-likeness (QED) is 0.346. The number of anilines is 1. The maximum atomic E-state index is 4.59. The van der Waals surface area contributed by atoms with Crippen LogP contribution in [0.3, 0.4) is 0 Å². The van der Waals surface area contributed by atoms with E-state index in [4.69, 9.17) is 0 Å². The Hall–Kier alpha value is -1.76. The summed E-state index contributed by atoms with van der Waals surface area (Å²) in [5, 5.41) is 11.4. The molecular weight excluding hydrogens is 443 g/mol. The first-order valence-electron chi connectivity index (χ1n) is 8.07. The molecule has 7 heteroatoms. The van der Waals surface area contributed by atoms with Crippen molar-refractivity contribution in [3.63, 3.8) is 0 Å². The van der Waals surface area contributed by atoms with Gasteiger partial charge in [-0.05, 0) is 23.1 Å². The van der Waals surface area contributed by atoms with E-state index in [9.17, 15) is 0 Å². The van der Waals surface area contributed by atoms with Crippen LogP contribution in [-0.4, -0.2) is 27.2 Å². The fraction of sp³-hybridized carbons (Fsp3) is 0.190. The van der Waals surface area contributed by atoms with E-state index in [1.54, 1.807) is 23.7 Å². The number of nitrogens with zero attached hydrogens (tertiary/aromatic N) is 3. The van der Waals surface area contributed by atoms with Crippen molar-refractivity contribution in [3.8, 4) is 11.4 Å². The van der Waals surface area contributed by atoms with Crippen molar-refractivity contribution in [2.75, 3.05) is 12.4 Å². The van der Waals surface area contributed by atoms with Gasteiger partial charge in [0.1, 0.15) is 11.6 Å². The molecule has 3 heterocycles. The minimum Gasteiger partial charge on any atom is -0.372 e. The van der Waals surface area contributed by atoms with Gasteiger partial charge in [0.05, 0.1) is 10.2 Å². The maximum Gasteiger partial charge on any atom is 0.150 e. The van der Waals surface area contributed by atoms with Crippen LogP contribution < -0.4 is 5.32 Å². The zero-order chi connectivity index (χ0) is 18.1. The van der Waals surface area contributed by atoms with Gasteiger partial charge in [-0.2, -0.15) is 29.7 Å². The molecule has 4 rings (SSSR count). The number of rotatable bonds is 2. The first kappa shape index (κ1) is 28.5. The Labute approximate surface area is 198 Å². The molecule has 28 heavy (non-hydrogen) atoms. The number of thiophene rings is 1. The molecule has 1 radical (unpaired) electrons. The van der Waals surface area contributed by atoms with Crippen LogP contribution in [0.15, 0.2) is 54.2 Å². The third kappa shape index (κ3) is 7.70. The van der Waals surface area contributed by atoms with Gasteiger partial charge in [-0.3, -0.25) is 5.10 Å². The van der Waals surface area contributed by atoms with Gasteiger partial charge in [0.2, 0.25) is 0 Å². The minimum atomic E-state index is 0. The molecule has 0 spiro atoms. The molecule has 4 aromatic rings. The maximum absolute atomic E-state index is 4.59. The smallest absolute Gasteiger partial charge is 0.150 e. The SMILES string of the molecule is C.CC.[CH2-]c1cccc(-c2nc(NC)c3sccc3n2)c1.[CH3-].[Y].c1cn[nH]c1. The van der Waals surface area contributed by atoms with Gasteiger partial charge in [0.25, 0.3) is 0 Å². The Kier molecular flexibility index (Phi) is 15.4. The number of benzene rings is 1. The summed E-state index contributed by atoms with van der Waals surface area (Å²) in [5.41, 5.74) is 2.93. The van der Waals surface area contributed by atoms with Crippen molar-refractivity contribution in [2.24, 2.45) is 0 Å². The van der Waals surface area contributed by atoms with Crippen molar-refractivity contribution in [1.82, 2.24) is 20.2 Å². The number of aromatic nitrogens is 4. The van der Waals surface area contributed by atoms with Crippen molar-refractivity contribution < 1.29 is 32.7 Å². The van der Waals surface area contributed by atoms with Gasteiger partial charge in [-0.1, -0.05) is 27.3 Å². The van der Waals surface area contributed by atoms with Crippen LogP contribution in [0.2, 0.25) is 0 Å². The third-order valence-electron chi connectivity index (χ3n) is 3.13. The first-order valence-corrected chi connectivity index (χ1v) is 8.95. The van der Waals surface area contributed by atoms with E-state index in [2.05, 4.69) is 32.4 Å². The predicted molar refractivity (Wildman–Crippen MR) is 120 cm³/mol. The summed E-state index contributed by atoms with van der Waals surface area (Å²) in [5.74, 6) is 1.61. The minimum absolute atomic E-state index is 0. The van der Waals surface area contributed by atoms with Crippen molar-refractivity contribution >= 4 is 27.4 Å². The molecule has 1 aromatic carbocycles. The summed E-state index contributed by atoms with van der Waals surface area (Å²) in [4.78, 5) is 9.15. The largest absolute Gasteiger partial charge is 0.372 e. The summed E-state index contributed by atoms with van der Waals surface area (Å²) >= 11 is 1.65. The average molecular weight is 472 g/mol. The Morgan fingerprint density at radius 2 is 1.86 bits per heavy atom. The van der Waals surface area contributed by atoms with Gasteiger partial charge < -0.3 is 12.7 Å². The zero-order valence-corrected chi connectivity index (χ0v) is 19.9. The molecule has 0 saturated carbocycles. The number of fused-ring (bicyclic) bond motifs is 1. The van der Waals surface area contributed by atoms with E-state index in [1.807, 2.05) is 62.7 Å². The summed E-state index contributed by atoms with van der Waals surface area (Å²) in [6, 6.07) is 11.8. The average Bonchev–Trinajstić information content (AvgIpc) is 3.37. The standard InChI is InChI=1S/C14H12N3S.C3H4N2.C2H6.CH4.CH3.Y/c1-9-4-3-5-10(8-9)13-16-11-6-7-18-12(11)14(15-2)17-13;1-2-4-5-3-1;1-2;;;/h3-8H,1H2,2H3,(H,15,16,17);1-3H,(H,4,5);1-2H3;1H4;1H3;/q-1;;;;-1;. The molecule has 0 aliphatic carbocycles. The summed E-state index contributed by atoms with van der Waals surface area (Å²) < 4.78 is 1.09. The van der Waals surface area contributed by atoms with E-state index in [1.165, 1.54) is 0 Å². The molecule has 3 aromatic heterocycles. The molecule has 0 amide bonds. The van der Waals surface area contributed by atoms with Crippen molar-refractivity contribution in [2.45, 2.75) is 21.3 Å². The second kappa shape index (κ2) is 15.2. The Balaban J connectivity index is 0. The van der Waals surface area contributed by atoms with E-state index >= 15 is 0 Å². The molecule has 5 nitrogen and oxygen atoms in total. The molecule has 0 aliphatic heterocycles. The van der Waals surface area contributed by atoms with Crippen LogP contribution >= 0.6 is 11.3 Å². The van der Waals surface area contributed by atoms with Crippen LogP contribution in [0.1, 0.15) is 26.8 Å². The fourth-order valence-corrected chi connectivity index (χ4v) is 2.91. The van der Waals surface area contributed by atoms with Crippen LogP contribution in [0.4, 0.5) is 5.82 Å². The monoisotopic (exact) mass is 472 g/mol. The topological polar surface area (TPSA) is 66.5 Å². The Morgan fingerprint density at radius 1 is 1.11 bits per heavy atom. The molecule has 0 atom stereocenters. The van der Waals surface area contributed by atoms with Crippen LogP contribution in [-0.2, 0) is 32.7 Å². The second-order valence-electron chi connectivity index (χ2n) is 4.75. The summed E-state index contributed by atoms with van der Waals surface area (Å²) in [6.07, 6.45) is 3.46. The van der Waals surface area contributed by atoms with Gasteiger partial charge in [-0.15, -0.1) is 17.4 Å². The van der Waals surface area contributed by atoms with E-state index < -0.39 is 0 Å².